The van der Waals surface area contributed by atoms with Crippen LogP contribution in [0.3, 0.4) is 0 Å². The Morgan fingerprint density at radius 3 is 2.62 bits per heavy atom. The van der Waals surface area contributed by atoms with E-state index in [1.807, 2.05) is 49.4 Å². The van der Waals surface area contributed by atoms with Crippen LogP contribution in [0.1, 0.15) is 26.4 Å². The monoisotopic (exact) mass is 669 g/mol. The lowest BCUT2D eigenvalue weighted by Crippen LogP contribution is -2.17. The Bertz CT molecular complexity index is 1300. The number of aryl methyl sites for hydroxylation is 1. The lowest BCUT2D eigenvalue weighted by atomic mass is 10.2. The summed E-state index contributed by atoms with van der Waals surface area (Å²) in [6.45, 7) is 2.33. The number of anilines is 1. The number of hydrazone groups is 1. The number of benzene rings is 2. The van der Waals surface area contributed by atoms with E-state index in [-0.39, 0.29) is 5.91 Å². The van der Waals surface area contributed by atoms with Gasteiger partial charge in [-0.2, -0.15) is 5.10 Å². The second kappa shape index (κ2) is 10.1. The number of nitrogens with zero attached hydrogens (tertiary/aromatic N) is 3. The third-order valence-corrected chi connectivity index (χ3v) is 7.39. The van der Waals surface area contributed by atoms with E-state index in [1.165, 1.54) is 17.7 Å². The van der Waals surface area contributed by atoms with Gasteiger partial charge in [-0.05, 0) is 80.9 Å². The number of nitrogen functional groups attached to an aromatic ring is 1. The second-order valence-corrected chi connectivity index (χ2v) is 10.1. The molecule has 4 rings (SSSR count). The standard InChI is InChI=1S/C22H17I2N5O2S/c1-12-17-20(25)26-11-27-22(17)32-19(12)21(30)29-28-9-14-7-15(23)18(16(24)8-14)31-10-13-5-3-2-4-6-13/h2-9,11H,10H2,1H3,(H,29,30)(H2,25,26,27)/b28-9-. The minimum absolute atomic E-state index is 0.312. The first-order valence-corrected chi connectivity index (χ1v) is 12.4. The number of carbonyl (C=O) groups excluding carboxylic acids is 1. The number of rotatable bonds is 6. The van der Waals surface area contributed by atoms with Crippen molar-refractivity contribution in [2.24, 2.45) is 5.10 Å². The highest BCUT2D eigenvalue weighted by Crippen LogP contribution is 2.32. The van der Waals surface area contributed by atoms with Gasteiger partial charge in [-0.15, -0.1) is 11.3 Å². The van der Waals surface area contributed by atoms with Crippen LogP contribution in [0.15, 0.2) is 53.9 Å². The Morgan fingerprint density at radius 2 is 1.94 bits per heavy atom. The van der Waals surface area contributed by atoms with Crippen molar-refractivity contribution in [2.45, 2.75) is 13.5 Å². The average molecular weight is 669 g/mol. The van der Waals surface area contributed by atoms with Crippen molar-refractivity contribution in [2.75, 3.05) is 5.73 Å². The molecule has 162 valence electrons. The van der Waals surface area contributed by atoms with E-state index < -0.39 is 0 Å². The highest BCUT2D eigenvalue weighted by Gasteiger charge is 2.18. The van der Waals surface area contributed by atoms with Crippen LogP contribution in [0.4, 0.5) is 5.82 Å². The van der Waals surface area contributed by atoms with E-state index >= 15 is 0 Å². The summed E-state index contributed by atoms with van der Waals surface area (Å²) in [4.78, 5) is 22.0. The van der Waals surface area contributed by atoms with Gasteiger partial charge in [0.05, 0.1) is 23.6 Å². The zero-order chi connectivity index (χ0) is 22.7. The SMILES string of the molecule is Cc1c(C(=O)N/N=C\c2cc(I)c(OCc3ccccc3)c(I)c2)sc2ncnc(N)c12. The van der Waals surface area contributed by atoms with Gasteiger partial charge in [0.1, 0.15) is 29.3 Å². The van der Waals surface area contributed by atoms with E-state index in [0.717, 1.165) is 29.6 Å². The molecule has 32 heavy (non-hydrogen) atoms. The molecule has 0 unspecified atom stereocenters. The molecule has 2 aromatic carbocycles. The van der Waals surface area contributed by atoms with Crippen LogP contribution in [0.5, 0.6) is 5.75 Å². The minimum atomic E-state index is -0.312. The molecule has 0 saturated heterocycles. The third-order valence-electron chi connectivity index (χ3n) is 4.59. The summed E-state index contributed by atoms with van der Waals surface area (Å²) < 4.78 is 7.94. The number of halogens is 2. The van der Waals surface area contributed by atoms with Crippen LogP contribution in [0, 0.1) is 14.1 Å². The number of fused-ring (bicyclic) bond motifs is 1. The molecule has 10 heteroatoms. The molecule has 4 aromatic rings. The van der Waals surface area contributed by atoms with Crippen molar-refractivity contribution in [3.05, 3.63) is 77.5 Å². The molecule has 7 nitrogen and oxygen atoms in total. The first kappa shape index (κ1) is 22.9. The smallest absolute Gasteiger partial charge is 0.281 e. The fourth-order valence-electron chi connectivity index (χ4n) is 3.05. The molecular weight excluding hydrogens is 652 g/mol. The lowest BCUT2D eigenvalue weighted by Gasteiger charge is -2.11. The van der Waals surface area contributed by atoms with E-state index in [9.17, 15) is 4.79 Å². The van der Waals surface area contributed by atoms with Gasteiger partial charge in [-0.3, -0.25) is 4.79 Å². The molecule has 0 fully saturated rings. The normalized spacial score (nSPS) is 11.2. The number of ether oxygens (including phenoxy) is 1. The highest BCUT2D eigenvalue weighted by atomic mass is 127. The molecule has 0 aliphatic carbocycles. The first-order chi connectivity index (χ1) is 15.4. The summed E-state index contributed by atoms with van der Waals surface area (Å²) in [5.74, 6) is 0.884. The van der Waals surface area contributed by atoms with E-state index in [4.69, 9.17) is 10.5 Å². The van der Waals surface area contributed by atoms with Gasteiger partial charge >= 0.3 is 0 Å². The fourth-order valence-corrected chi connectivity index (χ4v) is 6.23. The number of nitrogens with two attached hydrogens (primary N) is 1. The number of hydrogen-bond donors (Lipinski definition) is 2. The summed E-state index contributed by atoms with van der Waals surface area (Å²) >= 11 is 5.75. The summed E-state index contributed by atoms with van der Waals surface area (Å²) in [7, 11) is 0. The van der Waals surface area contributed by atoms with Crippen molar-refractivity contribution < 1.29 is 9.53 Å². The Hall–Kier alpha value is -2.32. The number of nitrogens with one attached hydrogen (secondary N) is 1. The van der Waals surface area contributed by atoms with Crippen molar-refractivity contribution in [3.63, 3.8) is 0 Å². The largest absolute Gasteiger partial charge is 0.487 e. The van der Waals surface area contributed by atoms with Crippen molar-refractivity contribution in [3.8, 4) is 5.75 Å². The van der Waals surface area contributed by atoms with Crippen molar-refractivity contribution in [1.82, 2.24) is 15.4 Å². The van der Waals surface area contributed by atoms with Crippen LogP contribution < -0.4 is 15.9 Å². The van der Waals surface area contributed by atoms with Gasteiger partial charge in [0.25, 0.3) is 5.91 Å². The molecule has 0 spiro atoms. The highest BCUT2D eigenvalue weighted by molar-refractivity contribution is 14.1. The average Bonchev–Trinajstić information content (AvgIpc) is 3.11. The quantitative estimate of drug-likeness (QED) is 0.169. The number of thiophene rings is 1. The van der Waals surface area contributed by atoms with E-state index in [2.05, 4.69) is 65.7 Å². The van der Waals surface area contributed by atoms with Crippen LogP contribution in [-0.2, 0) is 6.61 Å². The minimum Gasteiger partial charge on any atom is -0.487 e. The van der Waals surface area contributed by atoms with Crippen LogP contribution in [0.25, 0.3) is 10.2 Å². The zero-order valence-corrected chi connectivity index (χ0v) is 21.9. The molecule has 0 atom stereocenters. The summed E-state index contributed by atoms with van der Waals surface area (Å²) in [6.07, 6.45) is 3.00. The van der Waals surface area contributed by atoms with Crippen LogP contribution in [-0.4, -0.2) is 22.1 Å². The van der Waals surface area contributed by atoms with Gasteiger partial charge in [0, 0.05) is 0 Å². The molecule has 0 radical (unpaired) electrons. The van der Waals surface area contributed by atoms with Gasteiger partial charge in [0.2, 0.25) is 0 Å². The lowest BCUT2D eigenvalue weighted by molar-refractivity contribution is 0.0958. The molecule has 2 heterocycles. The first-order valence-electron chi connectivity index (χ1n) is 9.42. The maximum absolute atomic E-state index is 12.6. The van der Waals surface area contributed by atoms with Gasteiger partial charge in [-0.25, -0.2) is 15.4 Å². The second-order valence-electron chi connectivity index (χ2n) is 6.78. The predicted octanol–water partition coefficient (Wildman–Crippen LogP) is 5.13. The molecule has 3 N–H and O–H groups in total. The van der Waals surface area contributed by atoms with Crippen LogP contribution in [0.2, 0.25) is 0 Å². The Kier molecular flexibility index (Phi) is 7.20. The molecule has 0 bridgehead atoms. The number of hydrogen-bond acceptors (Lipinski definition) is 7. The van der Waals surface area contributed by atoms with Crippen molar-refractivity contribution in [1.29, 1.82) is 0 Å². The third kappa shape index (κ3) is 5.02. The van der Waals surface area contributed by atoms with Gasteiger partial charge in [0.15, 0.2) is 0 Å². The fraction of sp³-hybridized carbons (Fsp3) is 0.0909. The zero-order valence-electron chi connectivity index (χ0n) is 16.8. The van der Waals surface area contributed by atoms with Gasteiger partial charge < -0.3 is 10.5 Å². The summed E-state index contributed by atoms with van der Waals surface area (Å²) in [5.41, 5.74) is 11.2. The maximum atomic E-state index is 12.6. The molecule has 1 amide bonds. The van der Waals surface area contributed by atoms with Crippen molar-refractivity contribution >= 4 is 84.7 Å². The molecule has 0 aliphatic rings. The molecule has 0 saturated carbocycles. The molecule has 2 aromatic heterocycles. The predicted molar refractivity (Wildman–Crippen MR) is 144 cm³/mol. The topological polar surface area (TPSA) is 102 Å². The number of carbonyl (C=O) groups is 1. The Balaban J connectivity index is 1.45. The van der Waals surface area contributed by atoms with Crippen LogP contribution >= 0.6 is 56.5 Å². The van der Waals surface area contributed by atoms with E-state index in [1.54, 1.807) is 6.21 Å². The Labute approximate surface area is 215 Å². The summed E-state index contributed by atoms with van der Waals surface area (Å²) in [5, 5.41) is 4.83. The maximum Gasteiger partial charge on any atom is 0.281 e. The Morgan fingerprint density at radius 1 is 1.22 bits per heavy atom. The van der Waals surface area contributed by atoms with E-state index in [0.29, 0.717) is 27.5 Å². The summed E-state index contributed by atoms with van der Waals surface area (Å²) in [6, 6.07) is 13.9. The molecule has 0 aliphatic heterocycles. The van der Waals surface area contributed by atoms with Gasteiger partial charge in [-0.1, -0.05) is 30.3 Å². The number of aromatic nitrogens is 2. The molecular formula is C22H17I2N5O2S. The number of amides is 1.